The van der Waals surface area contributed by atoms with Gasteiger partial charge in [0.05, 0.1) is 7.11 Å². The summed E-state index contributed by atoms with van der Waals surface area (Å²) in [6.07, 6.45) is 2.16. The highest BCUT2D eigenvalue weighted by molar-refractivity contribution is 7.99. The lowest BCUT2D eigenvalue weighted by atomic mass is 10.0. The van der Waals surface area contributed by atoms with E-state index in [0.717, 1.165) is 48.0 Å². The van der Waals surface area contributed by atoms with Gasteiger partial charge in [0.25, 0.3) is 0 Å². The molecule has 9 nitrogen and oxygen atoms in total. The maximum atomic E-state index is 5.82. The second-order valence-electron chi connectivity index (χ2n) is 8.33. The van der Waals surface area contributed by atoms with Crippen LogP contribution in [0.1, 0.15) is 18.5 Å². The fourth-order valence-corrected chi connectivity index (χ4v) is 4.70. The van der Waals surface area contributed by atoms with E-state index in [1.54, 1.807) is 7.11 Å². The van der Waals surface area contributed by atoms with E-state index in [2.05, 4.69) is 56.9 Å². The molecule has 2 aromatic heterocycles. The molecule has 0 bridgehead atoms. The zero-order chi connectivity index (χ0) is 23.4. The van der Waals surface area contributed by atoms with Crippen LogP contribution >= 0.6 is 11.8 Å². The minimum Gasteiger partial charge on any atom is -0.490 e. The second kappa shape index (κ2) is 10.3. The molecule has 0 unspecified atom stereocenters. The Morgan fingerprint density at radius 2 is 1.88 bits per heavy atom. The van der Waals surface area contributed by atoms with Crippen molar-refractivity contribution in [1.29, 1.82) is 0 Å². The van der Waals surface area contributed by atoms with Crippen LogP contribution in [0.25, 0.3) is 0 Å². The highest BCUT2D eigenvalue weighted by Gasteiger charge is 2.27. The van der Waals surface area contributed by atoms with Crippen molar-refractivity contribution in [2.45, 2.75) is 35.9 Å². The molecule has 10 heteroatoms. The number of aryl methyl sites for hydroxylation is 1. The van der Waals surface area contributed by atoms with Gasteiger partial charge in [0.15, 0.2) is 22.6 Å². The highest BCUT2D eigenvalue weighted by atomic mass is 32.2. The molecule has 1 aliphatic heterocycles. The number of methoxy groups -OCH3 is 1. The Morgan fingerprint density at radius 1 is 1.15 bits per heavy atom. The van der Waals surface area contributed by atoms with Gasteiger partial charge in [-0.3, -0.25) is 5.10 Å². The maximum absolute atomic E-state index is 5.82. The van der Waals surface area contributed by atoms with Crippen molar-refractivity contribution in [2.75, 3.05) is 56.9 Å². The molecule has 3 aromatic rings. The lowest BCUT2D eigenvalue weighted by Crippen LogP contribution is -2.42. The summed E-state index contributed by atoms with van der Waals surface area (Å²) in [5.41, 5.74) is 2.03. The Bertz CT molecular complexity index is 1060. The number of aromatic amines is 1. The van der Waals surface area contributed by atoms with Crippen molar-refractivity contribution in [3.8, 4) is 5.75 Å². The molecule has 1 aliphatic rings. The Labute approximate surface area is 199 Å². The van der Waals surface area contributed by atoms with Crippen LogP contribution in [0.15, 0.2) is 40.4 Å². The molecular weight excluding hydrogens is 436 g/mol. The van der Waals surface area contributed by atoms with E-state index in [9.17, 15) is 0 Å². The number of aromatic nitrogens is 4. The van der Waals surface area contributed by atoms with E-state index in [4.69, 9.17) is 14.7 Å². The van der Waals surface area contributed by atoms with Crippen LogP contribution < -0.4 is 20.3 Å². The van der Waals surface area contributed by atoms with Crippen LogP contribution in [-0.2, 0) is 0 Å². The van der Waals surface area contributed by atoms with Crippen LogP contribution in [0.3, 0.4) is 0 Å². The fourth-order valence-electron chi connectivity index (χ4n) is 3.94. The second-order valence-corrected chi connectivity index (χ2v) is 9.37. The molecule has 3 N–H and O–H groups in total. The standard InChI is InChI=1S/C23H32N8OS/c1-15-14-19(29-28-15)25-21-20(32-5)22(31-12-10-17(11-13-31)30(3)4)27-23(26-21)33-18-8-6-16(24-2)7-9-18/h6-9,14,17,24H,10-13H2,1-5H3,(H2,25,26,27,28,29). The normalized spacial score (nSPS) is 14.5. The van der Waals surface area contributed by atoms with Gasteiger partial charge in [0.1, 0.15) is 0 Å². The summed E-state index contributed by atoms with van der Waals surface area (Å²) >= 11 is 1.53. The van der Waals surface area contributed by atoms with E-state index >= 15 is 0 Å². The predicted molar refractivity (Wildman–Crippen MR) is 134 cm³/mol. The van der Waals surface area contributed by atoms with Gasteiger partial charge in [-0.1, -0.05) is 0 Å². The first-order valence-corrected chi connectivity index (χ1v) is 11.9. The van der Waals surface area contributed by atoms with Gasteiger partial charge in [-0.25, -0.2) is 9.97 Å². The first kappa shape index (κ1) is 23.2. The molecule has 1 aromatic carbocycles. The number of nitrogens with zero attached hydrogens (tertiary/aromatic N) is 5. The van der Waals surface area contributed by atoms with E-state index < -0.39 is 0 Å². The summed E-state index contributed by atoms with van der Waals surface area (Å²) in [4.78, 5) is 15.4. The molecule has 0 radical (unpaired) electrons. The average molecular weight is 469 g/mol. The Hall–Kier alpha value is -2.98. The van der Waals surface area contributed by atoms with Crippen molar-refractivity contribution >= 4 is 34.9 Å². The number of rotatable bonds is 8. The van der Waals surface area contributed by atoms with Crippen molar-refractivity contribution < 1.29 is 4.74 Å². The van der Waals surface area contributed by atoms with Crippen molar-refractivity contribution in [3.63, 3.8) is 0 Å². The number of nitrogens with one attached hydrogen (secondary N) is 3. The summed E-state index contributed by atoms with van der Waals surface area (Å²) in [5, 5.41) is 14.4. The van der Waals surface area contributed by atoms with Crippen molar-refractivity contribution in [3.05, 3.63) is 36.0 Å². The molecule has 4 rings (SSSR count). The maximum Gasteiger partial charge on any atom is 0.204 e. The van der Waals surface area contributed by atoms with E-state index in [0.29, 0.717) is 28.6 Å². The van der Waals surface area contributed by atoms with Gasteiger partial charge in [0, 0.05) is 48.5 Å². The number of hydrogen-bond acceptors (Lipinski definition) is 9. The van der Waals surface area contributed by atoms with E-state index in [-0.39, 0.29) is 0 Å². The highest BCUT2D eigenvalue weighted by Crippen LogP contribution is 2.39. The third-order valence-corrected chi connectivity index (χ3v) is 6.70. The minimum atomic E-state index is 0.582. The molecule has 0 saturated carbocycles. The number of benzene rings is 1. The van der Waals surface area contributed by atoms with Crippen molar-refractivity contribution in [1.82, 2.24) is 25.1 Å². The number of hydrogen-bond donors (Lipinski definition) is 3. The van der Waals surface area contributed by atoms with Crippen LogP contribution in [0.5, 0.6) is 5.75 Å². The number of piperidine rings is 1. The average Bonchev–Trinajstić information content (AvgIpc) is 3.23. The van der Waals surface area contributed by atoms with Crippen LogP contribution in [0, 0.1) is 6.92 Å². The van der Waals surface area contributed by atoms with E-state index in [1.165, 1.54) is 11.8 Å². The number of ether oxygens (including phenoxy) is 1. The molecule has 1 fully saturated rings. The van der Waals surface area contributed by atoms with Crippen LogP contribution in [-0.4, -0.2) is 72.4 Å². The third-order valence-electron chi connectivity index (χ3n) is 5.83. The number of anilines is 4. The zero-order valence-corrected chi connectivity index (χ0v) is 20.7. The van der Waals surface area contributed by atoms with Gasteiger partial charge >= 0.3 is 0 Å². The Morgan fingerprint density at radius 3 is 2.45 bits per heavy atom. The molecule has 176 valence electrons. The zero-order valence-electron chi connectivity index (χ0n) is 19.8. The fraction of sp³-hybridized carbons (Fsp3) is 0.435. The molecule has 0 amide bonds. The molecule has 0 aliphatic carbocycles. The molecule has 33 heavy (non-hydrogen) atoms. The quantitative estimate of drug-likeness (QED) is 0.424. The monoisotopic (exact) mass is 468 g/mol. The Kier molecular flexibility index (Phi) is 7.24. The minimum absolute atomic E-state index is 0.582. The molecule has 3 heterocycles. The first-order valence-electron chi connectivity index (χ1n) is 11.1. The summed E-state index contributed by atoms with van der Waals surface area (Å²) in [7, 11) is 7.87. The molecular formula is C23H32N8OS. The first-order chi connectivity index (χ1) is 16.0. The predicted octanol–water partition coefficient (Wildman–Crippen LogP) is 3.98. The van der Waals surface area contributed by atoms with Gasteiger partial charge < -0.3 is 25.2 Å². The molecule has 0 spiro atoms. The van der Waals surface area contributed by atoms with Gasteiger partial charge in [-0.2, -0.15) is 5.10 Å². The largest absolute Gasteiger partial charge is 0.490 e. The van der Waals surface area contributed by atoms with Gasteiger partial charge in [-0.15, -0.1) is 0 Å². The molecule has 1 saturated heterocycles. The Balaban J connectivity index is 1.68. The number of H-pyrrole nitrogens is 1. The smallest absolute Gasteiger partial charge is 0.204 e. The lowest BCUT2D eigenvalue weighted by molar-refractivity contribution is 0.248. The van der Waals surface area contributed by atoms with Gasteiger partial charge in [0.2, 0.25) is 5.75 Å². The summed E-state index contributed by atoms with van der Waals surface area (Å²) in [5.74, 6) is 2.75. The lowest BCUT2D eigenvalue weighted by Gasteiger charge is -2.36. The summed E-state index contributed by atoms with van der Waals surface area (Å²) in [6.45, 7) is 3.79. The van der Waals surface area contributed by atoms with Crippen LogP contribution in [0.2, 0.25) is 0 Å². The van der Waals surface area contributed by atoms with Gasteiger partial charge in [-0.05, 0) is 69.9 Å². The van der Waals surface area contributed by atoms with Crippen LogP contribution in [0.4, 0.5) is 23.1 Å². The third kappa shape index (κ3) is 5.51. The van der Waals surface area contributed by atoms with E-state index in [1.807, 2.05) is 32.2 Å². The topological polar surface area (TPSA) is 94.2 Å². The SMILES string of the molecule is CNc1ccc(Sc2nc(Nc3cc(C)[nH]n3)c(OC)c(N3CCC(N(C)C)CC3)n2)cc1. The summed E-state index contributed by atoms with van der Waals surface area (Å²) < 4.78 is 5.82. The summed E-state index contributed by atoms with van der Waals surface area (Å²) in [6, 6.07) is 10.7. The molecule has 0 atom stereocenters. The van der Waals surface area contributed by atoms with Crippen molar-refractivity contribution in [2.24, 2.45) is 0 Å².